The lowest BCUT2D eigenvalue weighted by molar-refractivity contribution is 0.0338. The Morgan fingerprint density at radius 2 is 1.86 bits per heavy atom. The lowest BCUT2D eigenvalue weighted by Crippen LogP contribution is -2.24. The first-order valence-electron chi connectivity index (χ1n) is 6.64. The highest BCUT2D eigenvalue weighted by atomic mass is 127. The van der Waals surface area contributed by atoms with Crippen molar-refractivity contribution >= 4 is 28.3 Å². The van der Waals surface area contributed by atoms with Crippen LogP contribution < -0.4 is 5.32 Å². The number of anilines is 1. The van der Waals surface area contributed by atoms with E-state index in [1.165, 1.54) is 6.07 Å². The zero-order valence-corrected chi connectivity index (χ0v) is 13.6. The highest BCUT2D eigenvalue weighted by Gasteiger charge is 2.06. The highest BCUT2D eigenvalue weighted by Crippen LogP contribution is 2.11. The summed E-state index contributed by atoms with van der Waals surface area (Å²) in [5.41, 5.74) is 1.44. The van der Waals surface area contributed by atoms with E-state index in [0.717, 1.165) is 9.26 Å². The number of aliphatic hydroxyl groups excluding tert-OH is 1. The van der Waals surface area contributed by atoms with Crippen molar-refractivity contribution in [2.24, 2.45) is 0 Å². The molecule has 3 nitrogen and oxygen atoms in total. The quantitative estimate of drug-likeness (QED) is 0.699. The van der Waals surface area contributed by atoms with Crippen LogP contribution in [0.15, 0.2) is 48.5 Å². The van der Waals surface area contributed by atoms with Crippen LogP contribution in [0.5, 0.6) is 0 Å². The molecule has 0 radical (unpaired) electrons. The van der Waals surface area contributed by atoms with Crippen LogP contribution in [-0.4, -0.2) is 24.4 Å². The van der Waals surface area contributed by atoms with Crippen LogP contribution in [0.25, 0.3) is 0 Å². The summed E-state index contributed by atoms with van der Waals surface area (Å²) in [5.74, 6) is -0.288. The summed E-state index contributed by atoms with van der Waals surface area (Å²) in [6, 6.07) is 14.4. The Labute approximate surface area is 137 Å². The molecule has 0 amide bonds. The van der Waals surface area contributed by atoms with Gasteiger partial charge in [-0.2, -0.15) is 0 Å². The van der Waals surface area contributed by atoms with E-state index in [1.54, 1.807) is 18.2 Å². The normalized spacial score (nSPS) is 12.1. The summed E-state index contributed by atoms with van der Waals surface area (Å²) in [6.45, 7) is 0.705. The van der Waals surface area contributed by atoms with Crippen LogP contribution in [0.1, 0.15) is 5.56 Å². The molecule has 112 valence electrons. The SMILES string of the molecule is OC(CNc1ccc(I)cc1)COCc1ccccc1F. The summed E-state index contributed by atoms with van der Waals surface area (Å²) < 4.78 is 19.9. The fraction of sp³-hybridized carbons (Fsp3) is 0.250. The largest absolute Gasteiger partial charge is 0.389 e. The summed E-state index contributed by atoms with van der Waals surface area (Å²) in [4.78, 5) is 0. The van der Waals surface area contributed by atoms with Crippen LogP contribution in [-0.2, 0) is 11.3 Å². The monoisotopic (exact) mass is 401 g/mol. The van der Waals surface area contributed by atoms with Crippen molar-refractivity contribution in [3.05, 3.63) is 63.5 Å². The number of halogens is 2. The van der Waals surface area contributed by atoms with Crippen molar-refractivity contribution in [2.45, 2.75) is 12.7 Å². The van der Waals surface area contributed by atoms with Gasteiger partial charge in [0.2, 0.25) is 0 Å². The molecular weight excluding hydrogens is 384 g/mol. The lowest BCUT2D eigenvalue weighted by atomic mass is 10.2. The number of hydrogen-bond acceptors (Lipinski definition) is 3. The molecule has 0 fully saturated rings. The minimum Gasteiger partial charge on any atom is -0.389 e. The van der Waals surface area contributed by atoms with Gasteiger partial charge in [-0.25, -0.2) is 4.39 Å². The minimum absolute atomic E-state index is 0.158. The number of hydrogen-bond donors (Lipinski definition) is 2. The van der Waals surface area contributed by atoms with Crippen LogP contribution >= 0.6 is 22.6 Å². The molecule has 2 N–H and O–H groups in total. The van der Waals surface area contributed by atoms with Crippen LogP contribution in [0.4, 0.5) is 10.1 Å². The van der Waals surface area contributed by atoms with Crippen LogP contribution in [0, 0.1) is 9.39 Å². The zero-order valence-electron chi connectivity index (χ0n) is 11.4. The van der Waals surface area contributed by atoms with Crippen molar-refractivity contribution in [3.8, 4) is 0 Å². The first kappa shape index (κ1) is 16.2. The molecule has 1 atom stereocenters. The second-order valence-electron chi connectivity index (χ2n) is 4.65. The molecule has 0 aliphatic carbocycles. The van der Waals surface area contributed by atoms with Crippen LogP contribution in [0.3, 0.4) is 0 Å². The predicted octanol–water partition coefficient (Wildman–Crippen LogP) is 3.42. The molecule has 2 rings (SSSR count). The third kappa shape index (κ3) is 5.61. The van der Waals surface area contributed by atoms with Gasteiger partial charge in [0.25, 0.3) is 0 Å². The molecule has 0 heterocycles. The van der Waals surface area contributed by atoms with Crippen molar-refractivity contribution in [3.63, 3.8) is 0 Å². The van der Waals surface area contributed by atoms with E-state index in [4.69, 9.17) is 4.74 Å². The molecule has 2 aromatic carbocycles. The van der Waals surface area contributed by atoms with E-state index < -0.39 is 6.10 Å². The Morgan fingerprint density at radius 3 is 2.57 bits per heavy atom. The third-order valence-corrected chi connectivity index (χ3v) is 3.63. The predicted molar refractivity (Wildman–Crippen MR) is 89.7 cm³/mol. The number of ether oxygens (including phenoxy) is 1. The smallest absolute Gasteiger partial charge is 0.128 e. The molecule has 1 unspecified atom stereocenters. The standard InChI is InChI=1S/C16H17FINO2/c17-16-4-2-1-3-12(16)10-21-11-15(20)9-19-14-7-5-13(18)6-8-14/h1-8,15,19-20H,9-11H2. The Kier molecular flexibility index (Phi) is 6.41. The van der Waals surface area contributed by atoms with Gasteiger partial charge < -0.3 is 15.2 Å². The Hall–Kier alpha value is -1.18. The van der Waals surface area contributed by atoms with Gasteiger partial charge in [0.05, 0.1) is 19.3 Å². The molecular formula is C16H17FINO2. The Bertz CT molecular complexity index is 562. The number of rotatable bonds is 7. The molecule has 0 aliphatic heterocycles. The molecule has 0 bridgehead atoms. The van der Waals surface area contributed by atoms with Gasteiger partial charge in [0.1, 0.15) is 5.82 Å². The summed E-state index contributed by atoms with van der Waals surface area (Å²) in [7, 11) is 0. The molecule has 5 heteroatoms. The fourth-order valence-corrected chi connectivity index (χ4v) is 2.14. The van der Waals surface area contributed by atoms with Crippen molar-refractivity contribution in [1.82, 2.24) is 0 Å². The number of aliphatic hydroxyl groups is 1. The minimum atomic E-state index is -0.643. The lowest BCUT2D eigenvalue weighted by Gasteiger charge is -2.13. The molecule has 0 aromatic heterocycles. The van der Waals surface area contributed by atoms with E-state index in [2.05, 4.69) is 27.9 Å². The molecule has 0 aliphatic rings. The van der Waals surface area contributed by atoms with Gasteiger partial charge in [-0.15, -0.1) is 0 Å². The Balaban J connectivity index is 1.69. The molecule has 0 spiro atoms. The van der Waals surface area contributed by atoms with E-state index in [0.29, 0.717) is 12.1 Å². The van der Waals surface area contributed by atoms with Gasteiger partial charge in [-0.1, -0.05) is 18.2 Å². The van der Waals surface area contributed by atoms with Crippen LogP contribution in [0.2, 0.25) is 0 Å². The fourth-order valence-electron chi connectivity index (χ4n) is 1.78. The zero-order chi connectivity index (χ0) is 15.1. The second kappa shape index (κ2) is 8.31. The first-order chi connectivity index (χ1) is 10.1. The second-order valence-corrected chi connectivity index (χ2v) is 5.89. The van der Waals surface area contributed by atoms with Gasteiger partial charge in [-0.05, 0) is 52.9 Å². The van der Waals surface area contributed by atoms with Gasteiger partial charge >= 0.3 is 0 Å². The molecule has 21 heavy (non-hydrogen) atoms. The highest BCUT2D eigenvalue weighted by molar-refractivity contribution is 14.1. The average Bonchev–Trinajstić information content (AvgIpc) is 2.49. The summed E-state index contributed by atoms with van der Waals surface area (Å²) in [5, 5.41) is 13.0. The maximum absolute atomic E-state index is 13.4. The molecule has 2 aromatic rings. The summed E-state index contributed by atoms with van der Waals surface area (Å²) >= 11 is 2.24. The molecule has 0 saturated carbocycles. The van der Waals surface area contributed by atoms with Crippen molar-refractivity contribution in [1.29, 1.82) is 0 Å². The maximum atomic E-state index is 13.4. The van der Waals surface area contributed by atoms with E-state index in [1.807, 2.05) is 24.3 Å². The number of nitrogens with one attached hydrogen (secondary N) is 1. The average molecular weight is 401 g/mol. The Morgan fingerprint density at radius 1 is 1.14 bits per heavy atom. The number of benzene rings is 2. The maximum Gasteiger partial charge on any atom is 0.128 e. The van der Waals surface area contributed by atoms with Gasteiger partial charge in [0, 0.05) is 21.4 Å². The summed E-state index contributed by atoms with van der Waals surface area (Å²) in [6.07, 6.45) is -0.643. The van der Waals surface area contributed by atoms with E-state index in [-0.39, 0.29) is 19.0 Å². The van der Waals surface area contributed by atoms with Crippen molar-refractivity contribution < 1.29 is 14.2 Å². The van der Waals surface area contributed by atoms with Crippen molar-refractivity contribution in [2.75, 3.05) is 18.5 Å². The van der Waals surface area contributed by atoms with E-state index >= 15 is 0 Å². The topological polar surface area (TPSA) is 41.5 Å². The molecule has 0 saturated heterocycles. The first-order valence-corrected chi connectivity index (χ1v) is 7.71. The third-order valence-electron chi connectivity index (χ3n) is 2.91. The van der Waals surface area contributed by atoms with Gasteiger partial charge in [0.15, 0.2) is 0 Å². The van der Waals surface area contributed by atoms with E-state index in [9.17, 15) is 9.50 Å². The van der Waals surface area contributed by atoms with Gasteiger partial charge in [-0.3, -0.25) is 0 Å².